The van der Waals surface area contributed by atoms with Gasteiger partial charge in [0.15, 0.2) is 5.11 Å². The molecule has 0 unspecified atom stereocenters. The van der Waals surface area contributed by atoms with Crippen LogP contribution in [-0.2, 0) is 6.54 Å². The van der Waals surface area contributed by atoms with Gasteiger partial charge in [-0.3, -0.25) is 0 Å². The van der Waals surface area contributed by atoms with Crippen LogP contribution in [-0.4, -0.2) is 26.8 Å². The highest BCUT2D eigenvalue weighted by Gasteiger charge is 2.01. The number of rotatable bonds is 5. The summed E-state index contributed by atoms with van der Waals surface area (Å²) < 4.78 is 6.98. The van der Waals surface area contributed by atoms with E-state index in [-0.39, 0.29) is 0 Å². The third-order valence-electron chi connectivity index (χ3n) is 3.40. The lowest BCUT2D eigenvalue weighted by Gasteiger charge is -2.11. The molecule has 0 fully saturated rings. The molecule has 0 atom stereocenters. The molecule has 0 radical (unpaired) electrons. The number of nitrogens with zero attached hydrogens (tertiary/aromatic N) is 3. The molecule has 0 aliphatic rings. The van der Waals surface area contributed by atoms with Gasteiger partial charge in [0.1, 0.15) is 0 Å². The van der Waals surface area contributed by atoms with Gasteiger partial charge in [0.25, 0.3) is 0 Å². The second kappa shape index (κ2) is 7.56. The number of hydrogen-bond donors (Lipinski definition) is 2. The minimum absolute atomic E-state index is 0.542. The number of imidazole rings is 1. The summed E-state index contributed by atoms with van der Waals surface area (Å²) in [6.07, 6.45) is 7.12. The summed E-state index contributed by atoms with van der Waals surface area (Å²) in [6, 6.07) is 11.8. The topological polar surface area (TPSA) is 64.0 Å². The molecule has 3 rings (SSSR count). The number of aromatic nitrogens is 3. The van der Waals surface area contributed by atoms with Crippen molar-refractivity contribution in [3.63, 3.8) is 0 Å². The second-order valence-corrected chi connectivity index (χ2v) is 5.44. The van der Waals surface area contributed by atoms with Crippen LogP contribution in [0.15, 0.2) is 61.3 Å². The summed E-state index contributed by atoms with van der Waals surface area (Å²) in [5.41, 5.74) is 3.01. The Morgan fingerprint density at radius 1 is 1.21 bits per heavy atom. The number of hydrogen-bond acceptors (Lipinski definition) is 4. The highest BCUT2D eigenvalue weighted by Crippen LogP contribution is 2.11. The van der Waals surface area contributed by atoms with Crippen molar-refractivity contribution in [2.45, 2.75) is 6.54 Å². The lowest BCUT2D eigenvalue weighted by Crippen LogP contribution is -2.27. The van der Waals surface area contributed by atoms with E-state index in [1.807, 2.05) is 29.0 Å². The Morgan fingerprint density at radius 3 is 2.67 bits per heavy atom. The van der Waals surface area contributed by atoms with Crippen LogP contribution in [0.2, 0.25) is 0 Å². The van der Waals surface area contributed by atoms with Crippen molar-refractivity contribution in [3.05, 3.63) is 66.9 Å². The van der Waals surface area contributed by atoms with Crippen molar-refractivity contribution in [1.29, 1.82) is 0 Å². The van der Waals surface area contributed by atoms with Gasteiger partial charge in [-0.2, -0.15) is 0 Å². The Labute approximate surface area is 145 Å². The predicted octanol–water partition coefficient (Wildman–Crippen LogP) is 2.76. The van der Waals surface area contributed by atoms with E-state index < -0.39 is 0 Å². The average Bonchev–Trinajstić information content (AvgIpc) is 3.16. The molecule has 0 spiro atoms. The third-order valence-corrected chi connectivity index (χ3v) is 3.64. The molecule has 0 saturated carbocycles. The van der Waals surface area contributed by atoms with Gasteiger partial charge in [0.05, 0.1) is 25.3 Å². The fraction of sp³-hybridized carbons (Fsp3) is 0.118. The van der Waals surface area contributed by atoms with E-state index in [4.69, 9.17) is 17.0 Å². The van der Waals surface area contributed by atoms with Gasteiger partial charge in [-0.05, 0) is 36.0 Å². The lowest BCUT2D eigenvalue weighted by atomic mass is 10.2. The molecule has 2 N–H and O–H groups in total. The molecule has 24 heavy (non-hydrogen) atoms. The zero-order valence-electron chi connectivity index (χ0n) is 13.1. The molecule has 0 aliphatic heterocycles. The zero-order chi connectivity index (χ0) is 16.8. The molecular formula is C17H17N5OS. The standard InChI is InChI=1S/C17H17N5OS/c1-23-16-7-4-14(11-19-16)21-17(24)20-10-13-2-5-15(6-3-13)22-9-8-18-12-22/h2-9,11-12H,10H2,1H3,(H2,20,21,24). The van der Waals surface area contributed by atoms with E-state index in [9.17, 15) is 0 Å². The summed E-state index contributed by atoms with van der Waals surface area (Å²) >= 11 is 5.29. The zero-order valence-corrected chi connectivity index (χ0v) is 14.0. The van der Waals surface area contributed by atoms with Gasteiger partial charge in [-0.1, -0.05) is 12.1 Å². The number of nitrogens with one attached hydrogen (secondary N) is 2. The van der Waals surface area contributed by atoms with Crippen molar-refractivity contribution < 1.29 is 4.74 Å². The van der Waals surface area contributed by atoms with Crippen LogP contribution in [0.3, 0.4) is 0 Å². The molecule has 1 aromatic carbocycles. The summed E-state index contributed by atoms with van der Waals surface area (Å²) in [5, 5.41) is 6.80. The summed E-state index contributed by atoms with van der Waals surface area (Å²) in [5.74, 6) is 0.567. The Kier molecular flexibility index (Phi) is 5.02. The number of benzene rings is 1. The summed E-state index contributed by atoms with van der Waals surface area (Å²) in [4.78, 5) is 8.17. The molecule has 6 nitrogen and oxygen atoms in total. The molecule has 7 heteroatoms. The van der Waals surface area contributed by atoms with Crippen LogP contribution in [0.5, 0.6) is 5.88 Å². The van der Waals surface area contributed by atoms with Crippen LogP contribution in [0.4, 0.5) is 5.69 Å². The first-order chi connectivity index (χ1) is 11.7. The molecule has 122 valence electrons. The third kappa shape index (κ3) is 4.08. The number of anilines is 1. The first kappa shape index (κ1) is 15.9. The first-order valence-corrected chi connectivity index (χ1v) is 7.77. The van der Waals surface area contributed by atoms with Crippen molar-refractivity contribution in [2.24, 2.45) is 0 Å². The Hall–Kier alpha value is -2.93. The van der Waals surface area contributed by atoms with Crippen LogP contribution in [0.25, 0.3) is 5.69 Å². The second-order valence-electron chi connectivity index (χ2n) is 5.03. The Bertz CT molecular complexity index is 785. The van der Waals surface area contributed by atoms with Gasteiger partial charge in [-0.15, -0.1) is 0 Å². The predicted molar refractivity (Wildman–Crippen MR) is 97.4 cm³/mol. The maximum atomic E-state index is 5.29. The van der Waals surface area contributed by atoms with E-state index in [0.29, 0.717) is 17.5 Å². The smallest absolute Gasteiger partial charge is 0.213 e. The first-order valence-electron chi connectivity index (χ1n) is 7.37. The van der Waals surface area contributed by atoms with Crippen molar-refractivity contribution in [2.75, 3.05) is 12.4 Å². The number of thiocarbonyl (C=S) groups is 1. The molecule has 0 amide bonds. The molecule has 2 aromatic heterocycles. The van der Waals surface area contributed by atoms with Gasteiger partial charge in [0.2, 0.25) is 5.88 Å². The molecule has 0 bridgehead atoms. The summed E-state index contributed by atoms with van der Waals surface area (Å²) in [6.45, 7) is 0.639. The van der Waals surface area contributed by atoms with Gasteiger partial charge < -0.3 is 19.9 Å². The van der Waals surface area contributed by atoms with E-state index in [1.165, 1.54) is 0 Å². The lowest BCUT2D eigenvalue weighted by molar-refractivity contribution is 0.398. The minimum Gasteiger partial charge on any atom is -0.481 e. The van der Waals surface area contributed by atoms with Crippen molar-refractivity contribution in [1.82, 2.24) is 19.9 Å². The van der Waals surface area contributed by atoms with E-state index in [1.54, 1.807) is 31.9 Å². The van der Waals surface area contributed by atoms with Crippen LogP contribution in [0.1, 0.15) is 5.56 Å². The van der Waals surface area contributed by atoms with Crippen molar-refractivity contribution in [3.8, 4) is 11.6 Å². The van der Waals surface area contributed by atoms with Gasteiger partial charge in [0, 0.05) is 30.7 Å². The number of methoxy groups -OCH3 is 1. The van der Waals surface area contributed by atoms with E-state index >= 15 is 0 Å². The molecule has 0 aliphatic carbocycles. The maximum absolute atomic E-state index is 5.29. The minimum atomic E-state index is 0.542. The molecule has 2 heterocycles. The largest absolute Gasteiger partial charge is 0.481 e. The fourth-order valence-electron chi connectivity index (χ4n) is 2.13. The monoisotopic (exact) mass is 339 g/mol. The quantitative estimate of drug-likeness (QED) is 0.697. The SMILES string of the molecule is COc1ccc(NC(=S)NCc2ccc(-n3ccnc3)cc2)cn1. The molecule has 0 saturated heterocycles. The number of pyridine rings is 1. The normalized spacial score (nSPS) is 10.2. The average molecular weight is 339 g/mol. The highest BCUT2D eigenvalue weighted by atomic mass is 32.1. The summed E-state index contributed by atoms with van der Waals surface area (Å²) in [7, 11) is 1.58. The van der Waals surface area contributed by atoms with E-state index in [2.05, 4.69) is 32.7 Å². The van der Waals surface area contributed by atoms with Crippen LogP contribution < -0.4 is 15.4 Å². The molecular weight excluding hydrogens is 322 g/mol. The fourth-order valence-corrected chi connectivity index (χ4v) is 2.32. The molecule has 3 aromatic rings. The van der Waals surface area contributed by atoms with Crippen LogP contribution in [0, 0.1) is 0 Å². The van der Waals surface area contributed by atoms with Crippen molar-refractivity contribution >= 4 is 23.0 Å². The Morgan fingerprint density at radius 2 is 2.04 bits per heavy atom. The maximum Gasteiger partial charge on any atom is 0.213 e. The van der Waals surface area contributed by atoms with Gasteiger partial charge >= 0.3 is 0 Å². The van der Waals surface area contributed by atoms with Crippen LogP contribution >= 0.6 is 12.2 Å². The van der Waals surface area contributed by atoms with Gasteiger partial charge in [-0.25, -0.2) is 9.97 Å². The number of ether oxygens (including phenoxy) is 1. The van der Waals surface area contributed by atoms with E-state index in [0.717, 1.165) is 16.9 Å². The highest BCUT2D eigenvalue weighted by molar-refractivity contribution is 7.80. The Balaban J connectivity index is 1.52.